The van der Waals surface area contributed by atoms with E-state index in [4.69, 9.17) is 0 Å². The maximum Gasteiger partial charge on any atom is 0.276 e. The van der Waals surface area contributed by atoms with E-state index in [9.17, 15) is 25.0 Å². The zero-order valence-corrected chi connectivity index (χ0v) is 12.6. The number of hydrogen-bond acceptors (Lipinski definition) is 5. The van der Waals surface area contributed by atoms with Crippen LogP contribution in [0.3, 0.4) is 0 Å². The van der Waals surface area contributed by atoms with Crippen LogP contribution in [-0.2, 0) is 4.79 Å². The predicted molar refractivity (Wildman–Crippen MR) is 84.4 cm³/mol. The highest BCUT2D eigenvalue weighted by Crippen LogP contribution is 2.29. The number of carbonyl (C=O) groups is 1. The van der Waals surface area contributed by atoms with Crippen LogP contribution < -0.4 is 0 Å². The summed E-state index contributed by atoms with van der Waals surface area (Å²) in [6.07, 6.45) is 5.91. The molecule has 1 fully saturated rings. The van der Waals surface area contributed by atoms with Gasteiger partial charge in [0.1, 0.15) is 5.78 Å². The first kappa shape index (κ1) is 16.8. The van der Waals surface area contributed by atoms with Crippen molar-refractivity contribution in [3.8, 4) is 0 Å². The summed E-state index contributed by atoms with van der Waals surface area (Å²) in [6, 6.07) is 6.20. The monoisotopic (exact) mass is 318 g/mol. The van der Waals surface area contributed by atoms with Crippen LogP contribution in [0.25, 0.3) is 6.08 Å². The first-order valence-corrected chi connectivity index (χ1v) is 7.55. The molecule has 0 saturated heterocycles. The molecule has 1 saturated carbocycles. The van der Waals surface area contributed by atoms with E-state index in [-0.39, 0.29) is 23.9 Å². The van der Waals surface area contributed by atoms with E-state index in [1.807, 2.05) is 0 Å². The quantitative estimate of drug-likeness (QED) is 0.591. The normalized spacial score (nSPS) is 19.7. The fraction of sp³-hybridized carbons (Fsp3) is 0.438. The van der Waals surface area contributed by atoms with Crippen molar-refractivity contribution >= 4 is 17.5 Å². The molecule has 0 bridgehead atoms. The zero-order chi connectivity index (χ0) is 16.8. The van der Waals surface area contributed by atoms with Crippen LogP contribution in [0.1, 0.15) is 31.2 Å². The predicted octanol–water partition coefficient (Wildman–Crippen LogP) is 3.26. The van der Waals surface area contributed by atoms with Crippen LogP contribution in [0.5, 0.6) is 0 Å². The number of para-hydroxylation sites is 1. The molecule has 0 spiro atoms. The lowest BCUT2D eigenvalue weighted by Crippen LogP contribution is -2.30. The number of benzene rings is 1. The fourth-order valence-electron chi connectivity index (χ4n) is 2.98. The number of carbonyl (C=O) groups excluding carboxylic acids is 1. The number of Topliss-reactive ketones (excluding diaryl/α,β-unsaturated/α-hetero) is 1. The molecular weight excluding hydrogens is 300 g/mol. The molecule has 0 radical (unpaired) electrons. The van der Waals surface area contributed by atoms with Crippen LogP contribution in [0.2, 0.25) is 0 Å². The van der Waals surface area contributed by atoms with Gasteiger partial charge in [-0.3, -0.25) is 25.0 Å². The van der Waals surface area contributed by atoms with Crippen LogP contribution in [0.15, 0.2) is 30.3 Å². The van der Waals surface area contributed by atoms with Gasteiger partial charge < -0.3 is 0 Å². The van der Waals surface area contributed by atoms with Crippen LogP contribution in [0.4, 0.5) is 5.69 Å². The Morgan fingerprint density at radius 2 is 1.96 bits per heavy atom. The first-order valence-electron chi connectivity index (χ1n) is 7.55. The van der Waals surface area contributed by atoms with Gasteiger partial charge in [-0.1, -0.05) is 30.7 Å². The average molecular weight is 318 g/mol. The molecule has 0 unspecified atom stereocenters. The van der Waals surface area contributed by atoms with Crippen molar-refractivity contribution in [2.24, 2.45) is 11.8 Å². The third-order valence-electron chi connectivity index (χ3n) is 4.14. The molecule has 1 aromatic rings. The summed E-state index contributed by atoms with van der Waals surface area (Å²) in [5.74, 6) is -0.846. The van der Waals surface area contributed by atoms with Gasteiger partial charge in [0.15, 0.2) is 0 Å². The summed E-state index contributed by atoms with van der Waals surface area (Å²) in [5, 5.41) is 21.9. The van der Waals surface area contributed by atoms with Gasteiger partial charge in [-0.25, -0.2) is 0 Å². The maximum atomic E-state index is 12.0. The highest BCUT2D eigenvalue weighted by molar-refractivity contribution is 5.82. The van der Waals surface area contributed by atoms with Crippen LogP contribution in [0, 0.1) is 32.1 Å². The number of nitro benzene ring substituents is 1. The first-order chi connectivity index (χ1) is 11.0. The van der Waals surface area contributed by atoms with Gasteiger partial charge >= 0.3 is 0 Å². The standard InChI is InChI=1S/C16H18N2O5/c19-16-8-4-2-6-14(16)13(11-17(20)21)10-9-12-5-1-3-7-15(12)18(22)23/h1,3,5,7,9-10,13-14H,2,4,6,8,11H2/b10-9+/t13-,14+/m1/s1. The highest BCUT2D eigenvalue weighted by Gasteiger charge is 2.31. The second kappa shape index (κ2) is 7.62. The smallest absolute Gasteiger partial charge is 0.276 e. The van der Waals surface area contributed by atoms with Crippen molar-refractivity contribution < 1.29 is 14.6 Å². The van der Waals surface area contributed by atoms with Gasteiger partial charge in [0.05, 0.1) is 16.4 Å². The molecule has 1 aliphatic rings. The molecule has 2 atom stereocenters. The third kappa shape index (κ3) is 4.45. The minimum atomic E-state index is -0.530. The van der Waals surface area contributed by atoms with Crippen molar-refractivity contribution in [3.05, 3.63) is 56.1 Å². The largest absolute Gasteiger partial charge is 0.299 e. The Morgan fingerprint density at radius 1 is 1.22 bits per heavy atom. The van der Waals surface area contributed by atoms with Gasteiger partial charge in [0, 0.05) is 23.3 Å². The zero-order valence-electron chi connectivity index (χ0n) is 12.6. The molecule has 2 rings (SSSR count). The van der Waals surface area contributed by atoms with Crippen molar-refractivity contribution in [2.75, 3.05) is 6.54 Å². The Labute approximate surface area is 133 Å². The Bertz CT molecular complexity index is 641. The van der Waals surface area contributed by atoms with Gasteiger partial charge in [-0.15, -0.1) is 0 Å². The second-order valence-electron chi connectivity index (χ2n) is 5.67. The lowest BCUT2D eigenvalue weighted by atomic mass is 9.78. The molecule has 1 aromatic carbocycles. The van der Waals surface area contributed by atoms with Crippen molar-refractivity contribution in [3.63, 3.8) is 0 Å². The van der Waals surface area contributed by atoms with E-state index in [2.05, 4.69) is 0 Å². The molecule has 0 aromatic heterocycles. The molecule has 0 N–H and O–H groups in total. The van der Waals surface area contributed by atoms with Gasteiger partial charge in [0.2, 0.25) is 6.54 Å². The van der Waals surface area contributed by atoms with E-state index in [1.54, 1.807) is 24.3 Å². The van der Waals surface area contributed by atoms with Crippen molar-refractivity contribution in [1.82, 2.24) is 0 Å². The second-order valence-corrected chi connectivity index (χ2v) is 5.67. The van der Waals surface area contributed by atoms with E-state index in [0.29, 0.717) is 18.4 Å². The summed E-state index contributed by atoms with van der Waals surface area (Å²) in [5.41, 5.74) is 0.327. The van der Waals surface area contributed by atoms with Crippen molar-refractivity contribution in [2.45, 2.75) is 25.7 Å². The summed E-state index contributed by atoms with van der Waals surface area (Å²) >= 11 is 0. The van der Waals surface area contributed by atoms with Gasteiger partial charge in [-0.05, 0) is 18.9 Å². The molecule has 1 aliphatic carbocycles. The van der Waals surface area contributed by atoms with E-state index < -0.39 is 15.8 Å². The van der Waals surface area contributed by atoms with Crippen LogP contribution in [-0.4, -0.2) is 22.2 Å². The highest BCUT2D eigenvalue weighted by atomic mass is 16.6. The summed E-state index contributed by atoms with van der Waals surface area (Å²) < 4.78 is 0. The third-order valence-corrected chi connectivity index (χ3v) is 4.14. The number of rotatable bonds is 6. The number of nitro groups is 2. The molecule has 7 nitrogen and oxygen atoms in total. The lowest BCUT2D eigenvalue weighted by molar-refractivity contribution is -0.487. The summed E-state index contributed by atoms with van der Waals surface area (Å²) in [6.45, 7) is -0.340. The van der Waals surface area contributed by atoms with E-state index in [0.717, 1.165) is 12.8 Å². The average Bonchev–Trinajstić information content (AvgIpc) is 2.52. The summed E-state index contributed by atoms with van der Waals surface area (Å²) in [4.78, 5) is 33.0. The summed E-state index contributed by atoms with van der Waals surface area (Å²) in [7, 11) is 0. The number of hydrogen-bond donors (Lipinski definition) is 0. The van der Waals surface area contributed by atoms with Gasteiger partial charge in [-0.2, -0.15) is 0 Å². The lowest BCUT2D eigenvalue weighted by Gasteiger charge is -2.24. The Morgan fingerprint density at radius 3 is 2.61 bits per heavy atom. The molecule has 7 heteroatoms. The Balaban J connectivity index is 2.25. The van der Waals surface area contributed by atoms with Crippen molar-refractivity contribution in [1.29, 1.82) is 0 Å². The number of nitrogens with zero attached hydrogens (tertiary/aromatic N) is 2. The van der Waals surface area contributed by atoms with E-state index >= 15 is 0 Å². The SMILES string of the molecule is O=C1CCCC[C@H]1[C@H](/C=C/c1ccccc1[N+](=O)[O-])C[N+](=O)[O-]. The molecule has 122 valence electrons. The molecule has 0 heterocycles. The molecule has 23 heavy (non-hydrogen) atoms. The fourth-order valence-corrected chi connectivity index (χ4v) is 2.98. The molecule has 0 aliphatic heterocycles. The molecular formula is C16H18N2O5. The molecule has 0 amide bonds. The minimum absolute atomic E-state index is 0.0512. The Kier molecular flexibility index (Phi) is 5.56. The van der Waals surface area contributed by atoms with Gasteiger partial charge in [0.25, 0.3) is 5.69 Å². The maximum absolute atomic E-state index is 12.0. The van der Waals surface area contributed by atoms with E-state index in [1.165, 1.54) is 12.1 Å². The van der Waals surface area contributed by atoms with Crippen LogP contribution >= 0.6 is 0 Å². The topological polar surface area (TPSA) is 103 Å². The number of ketones is 1. The minimum Gasteiger partial charge on any atom is -0.299 e. The Hall–Kier alpha value is -2.57.